The summed E-state index contributed by atoms with van der Waals surface area (Å²) in [5, 5.41) is -0.0527. The third-order valence-corrected chi connectivity index (χ3v) is 4.39. The number of nitrogens with one attached hydrogen (secondary N) is 1. The predicted octanol–water partition coefficient (Wildman–Crippen LogP) is 2.91. The summed E-state index contributed by atoms with van der Waals surface area (Å²) in [5.41, 5.74) is 5.22. The average Bonchev–Trinajstić information content (AvgIpc) is 2.36. The van der Waals surface area contributed by atoms with Crippen LogP contribution in [-0.2, 0) is 10.0 Å². The summed E-state index contributed by atoms with van der Waals surface area (Å²) in [6, 6.07) is 4.63. The Balaban J connectivity index is 2.40. The molecule has 1 heterocycles. The largest absolute Gasteiger partial charge is 0.396 e. The molecule has 0 unspecified atom stereocenters. The second kappa shape index (κ2) is 5.43. The van der Waals surface area contributed by atoms with Crippen molar-refractivity contribution >= 4 is 44.6 Å². The number of anilines is 2. The molecule has 3 N–H and O–H groups in total. The molecule has 0 spiro atoms. The standard InChI is InChI=1S/C11H8Cl2FN3O2S/c12-7-3-8(14)9(15)4-10(7)20(18,19)17-6-1-2-11(13)16-5-6/h1-5,17H,15H2. The monoisotopic (exact) mass is 335 g/mol. The van der Waals surface area contributed by atoms with E-state index in [1.165, 1.54) is 18.3 Å². The van der Waals surface area contributed by atoms with Crippen LogP contribution in [0.15, 0.2) is 35.4 Å². The quantitative estimate of drug-likeness (QED) is 0.667. The highest BCUT2D eigenvalue weighted by molar-refractivity contribution is 7.92. The van der Waals surface area contributed by atoms with Crippen LogP contribution in [0.3, 0.4) is 0 Å². The number of pyridine rings is 1. The van der Waals surface area contributed by atoms with Crippen molar-refractivity contribution in [2.75, 3.05) is 10.5 Å². The maximum absolute atomic E-state index is 13.2. The zero-order chi connectivity index (χ0) is 14.9. The van der Waals surface area contributed by atoms with Gasteiger partial charge in [-0.05, 0) is 24.3 Å². The maximum Gasteiger partial charge on any atom is 0.263 e. The molecular formula is C11H8Cl2FN3O2S. The molecule has 2 rings (SSSR count). The van der Waals surface area contributed by atoms with E-state index in [1.54, 1.807) is 0 Å². The third kappa shape index (κ3) is 3.12. The first kappa shape index (κ1) is 14.8. The second-order valence-electron chi connectivity index (χ2n) is 3.78. The van der Waals surface area contributed by atoms with Crippen molar-refractivity contribution in [2.45, 2.75) is 4.90 Å². The van der Waals surface area contributed by atoms with Gasteiger partial charge in [0.2, 0.25) is 0 Å². The lowest BCUT2D eigenvalue weighted by Crippen LogP contribution is -2.14. The molecule has 2 aromatic rings. The molecule has 0 radical (unpaired) electrons. The highest BCUT2D eigenvalue weighted by Gasteiger charge is 2.20. The highest BCUT2D eigenvalue weighted by atomic mass is 35.5. The van der Waals surface area contributed by atoms with Crippen LogP contribution >= 0.6 is 23.2 Å². The van der Waals surface area contributed by atoms with Crippen LogP contribution in [0.2, 0.25) is 10.2 Å². The van der Waals surface area contributed by atoms with Crippen LogP contribution in [0.25, 0.3) is 0 Å². The zero-order valence-electron chi connectivity index (χ0n) is 9.77. The average molecular weight is 336 g/mol. The van der Waals surface area contributed by atoms with E-state index in [2.05, 4.69) is 9.71 Å². The van der Waals surface area contributed by atoms with Gasteiger partial charge in [0.25, 0.3) is 10.0 Å². The summed E-state index contributed by atoms with van der Waals surface area (Å²) in [6.07, 6.45) is 1.24. The minimum atomic E-state index is -4.01. The first-order valence-electron chi connectivity index (χ1n) is 5.18. The smallest absolute Gasteiger partial charge is 0.263 e. The van der Waals surface area contributed by atoms with Gasteiger partial charge in [0.1, 0.15) is 15.9 Å². The molecule has 0 aliphatic rings. The summed E-state index contributed by atoms with van der Waals surface area (Å²) in [6.45, 7) is 0. The number of hydrogen-bond acceptors (Lipinski definition) is 4. The first-order chi connectivity index (χ1) is 9.29. The van der Waals surface area contributed by atoms with Crippen LogP contribution in [-0.4, -0.2) is 13.4 Å². The molecule has 0 atom stereocenters. The van der Waals surface area contributed by atoms with E-state index in [9.17, 15) is 12.8 Å². The van der Waals surface area contributed by atoms with Gasteiger partial charge in [-0.25, -0.2) is 17.8 Å². The number of nitrogens with two attached hydrogens (primary N) is 1. The Bertz CT molecular complexity index is 751. The van der Waals surface area contributed by atoms with Crippen molar-refractivity contribution in [1.29, 1.82) is 0 Å². The van der Waals surface area contributed by atoms with Crippen LogP contribution in [0.5, 0.6) is 0 Å². The lowest BCUT2D eigenvalue weighted by atomic mass is 10.3. The van der Waals surface area contributed by atoms with E-state index in [4.69, 9.17) is 28.9 Å². The van der Waals surface area contributed by atoms with Gasteiger partial charge in [-0.2, -0.15) is 0 Å². The van der Waals surface area contributed by atoms with Crippen molar-refractivity contribution < 1.29 is 12.8 Å². The number of halogens is 3. The van der Waals surface area contributed by atoms with E-state index in [0.717, 1.165) is 12.1 Å². The summed E-state index contributed by atoms with van der Waals surface area (Å²) in [4.78, 5) is 3.41. The van der Waals surface area contributed by atoms with E-state index < -0.39 is 15.8 Å². The first-order valence-corrected chi connectivity index (χ1v) is 7.42. The molecule has 9 heteroatoms. The summed E-state index contributed by atoms with van der Waals surface area (Å²) in [5.74, 6) is -0.790. The molecule has 1 aromatic carbocycles. The van der Waals surface area contributed by atoms with Crippen LogP contribution in [0.1, 0.15) is 0 Å². The number of aromatic nitrogens is 1. The number of nitrogens with zero attached hydrogens (tertiary/aromatic N) is 1. The van der Waals surface area contributed by atoms with Crippen LogP contribution in [0.4, 0.5) is 15.8 Å². The van der Waals surface area contributed by atoms with E-state index >= 15 is 0 Å². The lowest BCUT2D eigenvalue weighted by Gasteiger charge is -2.10. The molecule has 1 aromatic heterocycles. The Labute approximate surface area is 124 Å². The van der Waals surface area contributed by atoms with Gasteiger partial charge in [-0.1, -0.05) is 23.2 Å². The van der Waals surface area contributed by atoms with Gasteiger partial charge < -0.3 is 5.73 Å². The fourth-order valence-corrected chi connectivity index (χ4v) is 3.10. The topological polar surface area (TPSA) is 85.1 Å². The lowest BCUT2D eigenvalue weighted by molar-refractivity contribution is 0.600. The number of hydrogen-bond donors (Lipinski definition) is 2. The molecule has 0 saturated carbocycles. The van der Waals surface area contributed by atoms with Gasteiger partial charge in [-0.3, -0.25) is 4.72 Å². The van der Waals surface area contributed by atoms with Gasteiger partial charge in [0.05, 0.1) is 22.6 Å². The van der Waals surface area contributed by atoms with Crippen molar-refractivity contribution in [1.82, 2.24) is 4.98 Å². The fourth-order valence-electron chi connectivity index (χ4n) is 1.40. The van der Waals surface area contributed by atoms with Crippen LogP contribution < -0.4 is 10.5 Å². The van der Waals surface area contributed by atoms with Gasteiger partial charge in [0, 0.05) is 0 Å². The summed E-state index contributed by atoms with van der Waals surface area (Å²) >= 11 is 11.3. The molecule has 0 amide bonds. The number of benzene rings is 1. The summed E-state index contributed by atoms with van der Waals surface area (Å²) in [7, 11) is -4.01. The SMILES string of the molecule is Nc1cc(S(=O)(=O)Nc2ccc(Cl)nc2)c(Cl)cc1F. The van der Waals surface area contributed by atoms with Gasteiger partial charge in [-0.15, -0.1) is 0 Å². The van der Waals surface area contributed by atoms with E-state index in [-0.39, 0.29) is 26.4 Å². The number of rotatable bonds is 3. The third-order valence-electron chi connectivity index (χ3n) is 2.32. The highest BCUT2D eigenvalue weighted by Crippen LogP contribution is 2.27. The predicted molar refractivity (Wildman–Crippen MR) is 75.9 cm³/mol. The van der Waals surface area contributed by atoms with Crippen LogP contribution in [0, 0.1) is 5.82 Å². The fraction of sp³-hybridized carbons (Fsp3) is 0. The van der Waals surface area contributed by atoms with Crippen molar-refractivity contribution in [2.24, 2.45) is 0 Å². The molecule has 106 valence electrons. The molecule has 0 saturated heterocycles. The molecule has 20 heavy (non-hydrogen) atoms. The zero-order valence-corrected chi connectivity index (χ0v) is 12.1. The minimum Gasteiger partial charge on any atom is -0.396 e. The molecule has 0 aliphatic heterocycles. The molecule has 5 nitrogen and oxygen atoms in total. The van der Waals surface area contributed by atoms with Crippen molar-refractivity contribution in [3.05, 3.63) is 46.5 Å². The van der Waals surface area contributed by atoms with E-state index in [0.29, 0.717) is 0 Å². The number of nitrogen functional groups attached to an aromatic ring is 1. The van der Waals surface area contributed by atoms with Crippen molar-refractivity contribution in [3.8, 4) is 0 Å². The normalized spacial score (nSPS) is 11.3. The van der Waals surface area contributed by atoms with Gasteiger partial charge in [0.15, 0.2) is 0 Å². The maximum atomic E-state index is 13.2. The van der Waals surface area contributed by atoms with Crippen molar-refractivity contribution in [3.63, 3.8) is 0 Å². The summed E-state index contributed by atoms with van der Waals surface area (Å²) < 4.78 is 39.7. The Morgan fingerprint density at radius 1 is 1.25 bits per heavy atom. The van der Waals surface area contributed by atoms with Gasteiger partial charge >= 0.3 is 0 Å². The molecule has 0 bridgehead atoms. The molecular weight excluding hydrogens is 328 g/mol. The molecule has 0 fully saturated rings. The van der Waals surface area contributed by atoms with E-state index in [1.807, 2.05) is 0 Å². The second-order valence-corrected chi connectivity index (χ2v) is 6.22. The Kier molecular flexibility index (Phi) is 4.03. The number of sulfonamides is 1. The Morgan fingerprint density at radius 2 is 1.95 bits per heavy atom. The minimum absolute atomic E-state index is 0.188. The Morgan fingerprint density at radius 3 is 2.55 bits per heavy atom. The molecule has 0 aliphatic carbocycles. The Hall–Kier alpha value is -1.57.